The first-order valence-electron chi connectivity index (χ1n) is 2.04. The zero-order chi connectivity index (χ0) is 5.98. The lowest BCUT2D eigenvalue weighted by Crippen LogP contribution is -2.17. The SMILES string of the molecule is O=C1N=CN=CC1F. The molecule has 0 aromatic heterocycles. The maximum absolute atomic E-state index is 12.0. The average molecular weight is 114 g/mol. The van der Waals surface area contributed by atoms with Crippen LogP contribution in [0.2, 0.25) is 0 Å². The van der Waals surface area contributed by atoms with Crippen LogP contribution in [0.5, 0.6) is 0 Å². The van der Waals surface area contributed by atoms with E-state index in [9.17, 15) is 9.18 Å². The summed E-state index contributed by atoms with van der Waals surface area (Å²) in [4.78, 5) is 16.5. The smallest absolute Gasteiger partial charge is 0.269 e. The molecule has 1 aliphatic rings. The summed E-state index contributed by atoms with van der Waals surface area (Å²) in [7, 11) is 0. The number of rotatable bonds is 0. The Morgan fingerprint density at radius 2 is 2.50 bits per heavy atom. The van der Waals surface area contributed by atoms with E-state index in [1.54, 1.807) is 0 Å². The summed E-state index contributed by atoms with van der Waals surface area (Å²) in [5.74, 6) is -0.778. The number of aliphatic imine (C=N–C) groups is 2. The molecular formula is C4H3FN2O. The van der Waals surface area contributed by atoms with Crippen LogP contribution >= 0.6 is 0 Å². The van der Waals surface area contributed by atoms with Gasteiger partial charge in [0.1, 0.15) is 6.34 Å². The highest BCUT2D eigenvalue weighted by molar-refractivity contribution is 6.04. The predicted molar refractivity (Wildman–Crippen MR) is 26.9 cm³/mol. The van der Waals surface area contributed by atoms with Crippen LogP contribution in [0.3, 0.4) is 0 Å². The van der Waals surface area contributed by atoms with Crippen LogP contribution in [-0.4, -0.2) is 24.6 Å². The minimum absolute atomic E-state index is 0.778. The Labute approximate surface area is 44.9 Å². The molecule has 1 rings (SSSR count). The number of nitrogens with zero attached hydrogens (tertiary/aromatic N) is 2. The molecule has 3 nitrogen and oxygen atoms in total. The minimum atomic E-state index is -1.63. The highest BCUT2D eigenvalue weighted by Gasteiger charge is 2.14. The molecule has 1 amide bonds. The molecule has 1 atom stereocenters. The molecule has 4 heteroatoms. The summed E-state index contributed by atoms with van der Waals surface area (Å²) in [5.41, 5.74) is 0. The molecule has 1 unspecified atom stereocenters. The molecule has 0 aliphatic carbocycles. The lowest BCUT2D eigenvalue weighted by atomic mass is 10.4. The Morgan fingerprint density at radius 1 is 1.75 bits per heavy atom. The van der Waals surface area contributed by atoms with Gasteiger partial charge in [0, 0.05) is 6.21 Å². The fraction of sp³-hybridized carbons (Fsp3) is 0.250. The van der Waals surface area contributed by atoms with Gasteiger partial charge in [0.15, 0.2) is 0 Å². The summed E-state index contributed by atoms with van der Waals surface area (Å²) >= 11 is 0. The molecule has 1 heterocycles. The normalized spacial score (nSPS) is 26.6. The third-order valence-electron chi connectivity index (χ3n) is 0.705. The molecule has 0 N–H and O–H groups in total. The predicted octanol–water partition coefficient (Wildman–Crippen LogP) is -0.0362. The number of hydrogen-bond acceptors (Lipinski definition) is 2. The first-order chi connectivity index (χ1) is 3.80. The molecule has 0 fully saturated rings. The summed E-state index contributed by atoms with van der Waals surface area (Å²) in [6, 6.07) is 0. The van der Waals surface area contributed by atoms with E-state index >= 15 is 0 Å². The van der Waals surface area contributed by atoms with Crippen LogP contribution in [-0.2, 0) is 4.79 Å². The average Bonchev–Trinajstić information content (AvgIpc) is 1.77. The van der Waals surface area contributed by atoms with Crippen molar-refractivity contribution in [1.29, 1.82) is 0 Å². The van der Waals surface area contributed by atoms with Crippen molar-refractivity contribution in [1.82, 2.24) is 0 Å². The van der Waals surface area contributed by atoms with Crippen molar-refractivity contribution in [3.05, 3.63) is 0 Å². The summed E-state index contributed by atoms with van der Waals surface area (Å²) in [5, 5.41) is 0. The van der Waals surface area contributed by atoms with Crippen molar-refractivity contribution in [2.75, 3.05) is 0 Å². The van der Waals surface area contributed by atoms with Crippen molar-refractivity contribution < 1.29 is 9.18 Å². The molecule has 0 aromatic rings. The van der Waals surface area contributed by atoms with Gasteiger partial charge in [0.05, 0.1) is 0 Å². The van der Waals surface area contributed by atoms with Crippen LogP contribution in [0, 0.1) is 0 Å². The molecule has 1 aliphatic heterocycles. The Morgan fingerprint density at radius 3 is 2.88 bits per heavy atom. The maximum atomic E-state index is 12.0. The van der Waals surface area contributed by atoms with Gasteiger partial charge in [-0.1, -0.05) is 0 Å². The van der Waals surface area contributed by atoms with E-state index in [2.05, 4.69) is 9.98 Å². The molecule has 0 saturated heterocycles. The molecule has 42 valence electrons. The summed E-state index contributed by atoms with van der Waals surface area (Å²) in [6.07, 6.45) is 0.313. The van der Waals surface area contributed by atoms with Crippen LogP contribution in [0.1, 0.15) is 0 Å². The van der Waals surface area contributed by atoms with Gasteiger partial charge in [-0.05, 0) is 0 Å². The number of amides is 1. The maximum Gasteiger partial charge on any atom is 0.287 e. The zero-order valence-electron chi connectivity index (χ0n) is 3.91. The highest BCUT2D eigenvalue weighted by atomic mass is 19.1. The van der Waals surface area contributed by atoms with Gasteiger partial charge < -0.3 is 0 Å². The van der Waals surface area contributed by atoms with E-state index in [1.807, 2.05) is 0 Å². The Kier molecular flexibility index (Phi) is 1.15. The highest BCUT2D eigenvalue weighted by Crippen LogP contribution is 1.93. The molecule has 0 bridgehead atoms. The van der Waals surface area contributed by atoms with Crippen molar-refractivity contribution in [3.63, 3.8) is 0 Å². The molecular weight excluding hydrogens is 111 g/mol. The minimum Gasteiger partial charge on any atom is -0.269 e. The molecule has 0 spiro atoms. The number of halogens is 1. The number of carbonyl (C=O) groups is 1. The molecule has 0 radical (unpaired) electrons. The van der Waals surface area contributed by atoms with Gasteiger partial charge in [0.25, 0.3) is 5.91 Å². The van der Waals surface area contributed by atoms with Crippen molar-refractivity contribution in [2.24, 2.45) is 9.98 Å². The van der Waals surface area contributed by atoms with E-state index in [0.717, 1.165) is 12.6 Å². The third-order valence-corrected chi connectivity index (χ3v) is 0.705. The van der Waals surface area contributed by atoms with Crippen molar-refractivity contribution >= 4 is 18.5 Å². The van der Waals surface area contributed by atoms with Gasteiger partial charge in [-0.2, -0.15) is 4.99 Å². The van der Waals surface area contributed by atoms with Gasteiger partial charge in [-0.3, -0.25) is 4.79 Å². The standard InChI is InChI=1S/C4H3FN2O/c5-3-1-6-2-7-4(3)8/h1-3H. The van der Waals surface area contributed by atoms with Gasteiger partial charge in [-0.15, -0.1) is 0 Å². The molecule has 0 saturated carbocycles. The monoisotopic (exact) mass is 114 g/mol. The second kappa shape index (κ2) is 1.81. The van der Waals surface area contributed by atoms with Crippen molar-refractivity contribution in [3.8, 4) is 0 Å². The number of carbonyl (C=O) groups excluding carboxylic acids is 1. The lowest BCUT2D eigenvalue weighted by Gasteiger charge is -1.96. The van der Waals surface area contributed by atoms with Crippen LogP contribution in [0.25, 0.3) is 0 Å². The van der Waals surface area contributed by atoms with E-state index in [1.165, 1.54) is 0 Å². The van der Waals surface area contributed by atoms with E-state index < -0.39 is 12.1 Å². The van der Waals surface area contributed by atoms with Gasteiger partial charge in [-0.25, -0.2) is 9.38 Å². The van der Waals surface area contributed by atoms with Crippen molar-refractivity contribution in [2.45, 2.75) is 6.17 Å². The lowest BCUT2D eigenvalue weighted by molar-refractivity contribution is -0.120. The molecule has 8 heavy (non-hydrogen) atoms. The Bertz CT molecular complexity index is 163. The Balaban J connectivity index is 2.74. The second-order valence-electron chi connectivity index (χ2n) is 1.28. The first kappa shape index (κ1) is 5.08. The van der Waals surface area contributed by atoms with E-state index in [-0.39, 0.29) is 0 Å². The van der Waals surface area contributed by atoms with E-state index in [4.69, 9.17) is 0 Å². The van der Waals surface area contributed by atoms with Gasteiger partial charge in [0.2, 0.25) is 6.17 Å². The third kappa shape index (κ3) is 0.776. The quantitative estimate of drug-likeness (QED) is 0.435. The number of alkyl halides is 1. The zero-order valence-corrected chi connectivity index (χ0v) is 3.91. The molecule has 0 aromatic carbocycles. The topological polar surface area (TPSA) is 41.8 Å². The van der Waals surface area contributed by atoms with Crippen LogP contribution in [0.15, 0.2) is 9.98 Å². The fourth-order valence-electron chi connectivity index (χ4n) is 0.339. The van der Waals surface area contributed by atoms with E-state index in [0.29, 0.717) is 0 Å². The summed E-state index contributed by atoms with van der Waals surface area (Å²) < 4.78 is 12.0. The van der Waals surface area contributed by atoms with Crippen LogP contribution < -0.4 is 0 Å². The first-order valence-corrected chi connectivity index (χ1v) is 2.04. The van der Waals surface area contributed by atoms with Gasteiger partial charge >= 0.3 is 0 Å². The second-order valence-corrected chi connectivity index (χ2v) is 1.28. The largest absolute Gasteiger partial charge is 0.287 e. The fourth-order valence-corrected chi connectivity index (χ4v) is 0.339. The summed E-state index contributed by atoms with van der Waals surface area (Å²) in [6.45, 7) is 0. The Hall–Kier alpha value is -1.06. The number of hydrogen-bond donors (Lipinski definition) is 0. The van der Waals surface area contributed by atoms with Crippen LogP contribution in [0.4, 0.5) is 4.39 Å².